The number of nitrogens with one attached hydrogen (secondary N) is 4. The van der Waals surface area contributed by atoms with E-state index in [1.807, 2.05) is 0 Å². The van der Waals surface area contributed by atoms with Gasteiger partial charge >= 0.3 is 5.97 Å². The fourth-order valence-corrected chi connectivity index (χ4v) is 2.90. The Morgan fingerprint density at radius 2 is 1.51 bits per heavy atom. The van der Waals surface area contributed by atoms with Gasteiger partial charge < -0.3 is 43.2 Å². The Balaban J connectivity index is 3.03. The number of aliphatic carboxylic acids is 1. The molecular weight excluding hydrogens is 464 g/mol. The Morgan fingerprint density at radius 3 is 2.00 bits per heavy atom. The summed E-state index contributed by atoms with van der Waals surface area (Å²) in [4.78, 5) is 78.8. The van der Waals surface area contributed by atoms with E-state index in [4.69, 9.17) is 17.2 Å². The zero-order valence-corrected chi connectivity index (χ0v) is 19.4. The lowest BCUT2D eigenvalue weighted by Crippen LogP contribution is -2.58. The molecule has 15 heteroatoms. The first-order valence-corrected chi connectivity index (χ1v) is 10.7. The van der Waals surface area contributed by atoms with Crippen molar-refractivity contribution in [3.05, 3.63) is 18.2 Å². The van der Waals surface area contributed by atoms with E-state index in [9.17, 15) is 33.9 Å². The van der Waals surface area contributed by atoms with Gasteiger partial charge in [-0.25, -0.2) is 9.78 Å². The van der Waals surface area contributed by atoms with Crippen molar-refractivity contribution < 1.29 is 33.9 Å². The normalized spacial score (nSPS) is 14.3. The van der Waals surface area contributed by atoms with E-state index in [2.05, 4.69) is 25.9 Å². The molecule has 0 aliphatic rings. The molecule has 1 aromatic rings. The van der Waals surface area contributed by atoms with Gasteiger partial charge in [0.1, 0.15) is 18.1 Å². The van der Waals surface area contributed by atoms with E-state index in [1.165, 1.54) is 12.5 Å². The predicted octanol–water partition coefficient (Wildman–Crippen LogP) is -3.38. The van der Waals surface area contributed by atoms with Crippen LogP contribution in [-0.2, 0) is 35.2 Å². The van der Waals surface area contributed by atoms with Crippen molar-refractivity contribution in [1.29, 1.82) is 0 Å². The molecule has 0 aliphatic heterocycles. The SMILES string of the molecule is CC(C)C(N)C(=O)NC(CC(N)=O)C(=O)NC(CCC(N)=O)C(=O)NC(Cc1cnc[nH]1)C(=O)O. The minimum atomic E-state index is -1.46. The first kappa shape index (κ1) is 29.0. The number of aromatic nitrogens is 2. The zero-order valence-electron chi connectivity index (χ0n) is 19.4. The third-order valence-electron chi connectivity index (χ3n) is 4.97. The summed E-state index contributed by atoms with van der Waals surface area (Å²) in [7, 11) is 0. The Hall–Kier alpha value is -4.01. The number of primary amides is 2. The lowest BCUT2D eigenvalue weighted by Gasteiger charge is -2.25. The van der Waals surface area contributed by atoms with Gasteiger partial charge in [-0.05, 0) is 12.3 Å². The van der Waals surface area contributed by atoms with Crippen LogP contribution >= 0.6 is 0 Å². The number of carbonyl (C=O) groups excluding carboxylic acids is 5. The molecule has 0 radical (unpaired) electrons. The minimum absolute atomic E-state index is 0.134. The smallest absolute Gasteiger partial charge is 0.326 e. The van der Waals surface area contributed by atoms with Crippen molar-refractivity contribution in [2.45, 2.75) is 63.7 Å². The Bertz CT molecular complexity index is 919. The van der Waals surface area contributed by atoms with Gasteiger partial charge in [-0.1, -0.05) is 13.8 Å². The molecule has 5 amide bonds. The lowest BCUT2D eigenvalue weighted by molar-refractivity contribution is -0.142. The van der Waals surface area contributed by atoms with E-state index >= 15 is 0 Å². The fourth-order valence-electron chi connectivity index (χ4n) is 2.90. The fraction of sp³-hybridized carbons (Fsp3) is 0.550. The van der Waals surface area contributed by atoms with Gasteiger partial charge in [0.05, 0.1) is 18.8 Å². The maximum atomic E-state index is 12.8. The number of carboxylic acid groups (broad SMARTS) is 1. The van der Waals surface area contributed by atoms with Gasteiger partial charge in [-0.3, -0.25) is 24.0 Å². The summed E-state index contributed by atoms with van der Waals surface area (Å²) < 4.78 is 0. The molecule has 1 aromatic heterocycles. The predicted molar refractivity (Wildman–Crippen MR) is 121 cm³/mol. The van der Waals surface area contributed by atoms with Crippen molar-refractivity contribution in [1.82, 2.24) is 25.9 Å². The molecule has 4 unspecified atom stereocenters. The number of imidazole rings is 1. The standard InChI is InChI=1S/C20H32N8O7/c1-9(2)16(23)19(33)27-12(6-15(22)30)18(32)26-11(3-4-14(21)29)17(31)28-13(20(34)35)5-10-7-24-8-25-10/h7-9,11-13,16H,3-6,23H2,1-2H3,(H2,21,29)(H2,22,30)(H,24,25)(H,26,32)(H,27,33)(H,28,31)(H,34,35). The summed E-state index contributed by atoms with van der Waals surface area (Å²) in [5.74, 6) is -5.90. The maximum Gasteiger partial charge on any atom is 0.326 e. The van der Waals surface area contributed by atoms with E-state index in [0.29, 0.717) is 5.69 Å². The van der Waals surface area contributed by atoms with Crippen LogP contribution in [0.15, 0.2) is 12.5 Å². The second kappa shape index (κ2) is 13.6. The second-order valence-electron chi connectivity index (χ2n) is 8.25. The quantitative estimate of drug-likeness (QED) is 0.120. The molecule has 35 heavy (non-hydrogen) atoms. The topological polar surface area (TPSA) is 265 Å². The highest BCUT2D eigenvalue weighted by Gasteiger charge is 2.31. The first-order valence-electron chi connectivity index (χ1n) is 10.7. The molecule has 0 aromatic carbocycles. The summed E-state index contributed by atoms with van der Waals surface area (Å²) in [5.41, 5.74) is 16.5. The number of carbonyl (C=O) groups is 6. The number of carboxylic acids is 1. The van der Waals surface area contributed by atoms with Crippen LogP contribution in [0.25, 0.3) is 0 Å². The molecule has 194 valence electrons. The van der Waals surface area contributed by atoms with E-state index < -0.39 is 66.1 Å². The number of hydrogen-bond donors (Lipinski definition) is 8. The Kier molecular flexibility index (Phi) is 11.3. The van der Waals surface area contributed by atoms with Crippen LogP contribution in [0.4, 0.5) is 0 Å². The number of rotatable bonds is 15. The molecule has 1 heterocycles. The molecule has 0 saturated carbocycles. The molecule has 4 atom stereocenters. The molecular formula is C20H32N8O7. The average molecular weight is 497 g/mol. The number of hydrogen-bond acceptors (Lipinski definition) is 8. The number of amides is 5. The molecule has 0 saturated heterocycles. The summed E-state index contributed by atoms with van der Waals surface area (Å²) in [6, 6.07) is -5.24. The van der Waals surface area contributed by atoms with E-state index in [1.54, 1.807) is 13.8 Å². The summed E-state index contributed by atoms with van der Waals surface area (Å²) >= 11 is 0. The van der Waals surface area contributed by atoms with Gasteiger partial charge in [0.15, 0.2) is 0 Å². The van der Waals surface area contributed by atoms with Crippen LogP contribution in [0.3, 0.4) is 0 Å². The monoisotopic (exact) mass is 496 g/mol. The average Bonchev–Trinajstić information content (AvgIpc) is 3.27. The van der Waals surface area contributed by atoms with Crippen LogP contribution in [0.2, 0.25) is 0 Å². The van der Waals surface area contributed by atoms with Crippen molar-refractivity contribution in [3.8, 4) is 0 Å². The number of nitrogens with two attached hydrogens (primary N) is 3. The zero-order chi connectivity index (χ0) is 26.7. The molecule has 0 spiro atoms. The van der Waals surface area contributed by atoms with Crippen molar-refractivity contribution in [2.24, 2.45) is 23.1 Å². The van der Waals surface area contributed by atoms with Crippen LogP contribution in [0.1, 0.15) is 38.8 Å². The second-order valence-corrected chi connectivity index (χ2v) is 8.25. The molecule has 0 aliphatic carbocycles. The number of nitrogens with zero attached hydrogens (tertiary/aromatic N) is 1. The van der Waals surface area contributed by atoms with Gasteiger partial charge in [0.25, 0.3) is 0 Å². The number of H-pyrrole nitrogens is 1. The van der Waals surface area contributed by atoms with Gasteiger partial charge in [-0.2, -0.15) is 0 Å². The van der Waals surface area contributed by atoms with Crippen LogP contribution in [0, 0.1) is 5.92 Å². The van der Waals surface area contributed by atoms with Crippen LogP contribution in [-0.4, -0.2) is 74.7 Å². The summed E-state index contributed by atoms with van der Waals surface area (Å²) in [6.07, 6.45) is 1.40. The summed E-state index contributed by atoms with van der Waals surface area (Å²) in [5, 5.41) is 16.4. The lowest BCUT2D eigenvalue weighted by atomic mass is 10.0. The Morgan fingerprint density at radius 1 is 0.943 bits per heavy atom. The maximum absolute atomic E-state index is 12.8. The highest BCUT2D eigenvalue weighted by molar-refractivity contribution is 5.96. The van der Waals surface area contributed by atoms with Crippen molar-refractivity contribution in [3.63, 3.8) is 0 Å². The van der Waals surface area contributed by atoms with Crippen molar-refractivity contribution in [2.75, 3.05) is 0 Å². The first-order chi connectivity index (χ1) is 16.3. The molecule has 0 fully saturated rings. The highest BCUT2D eigenvalue weighted by atomic mass is 16.4. The van der Waals surface area contributed by atoms with Crippen molar-refractivity contribution >= 4 is 35.5 Å². The highest BCUT2D eigenvalue weighted by Crippen LogP contribution is 2.05. The molecule has 0 bridgehead atoms. The third kappa shape index (κ3) is 10.2. The largest absolute Gasteiger partial charge is 0.480 e. The molecule has 11 N–H and O–H groups in total. The Labute approximate surface area is 200 Å². The molecule has 1 rings (SSSR count). The minimum Gasteiger partial charge on any atom is -0.480 e. The van der Waals surface area contributed by atoms with Gasteiger partial charge in [0, 0.05) is 24.7 Å². The van der Waals surface area contributed by atoms with Crippen LogP contribution < -0.4 is 33.2 Å². The molecule has 15 nitrogen and oxygen atoms in total. The summed E-state index contributed by atoms with van der Waals surface area (Å²) in [6.45, 7) is 3.36. The number of aromatic amines is 1. The van der Waals surface area contributed by atoms with Gasteiger partial charge in [0.2, 0.25) is 29.5 Å². The van der Waals surface area contributed by atoms with Crippen LogP contribution in [0.5, 0.6) is 0 Å². The van der Waals surface area contributed by atoms with Gasteiger partial charge in [-0.15, -0.1) is 0 Å². The third-order valence-corrected chi connectivity index (χ3v) is 4.97. The van der Waals surface area contributed by atoms with E-state index in [0.717, 1.165) is 0 Å². The van der Waals surface area contributed by atoms with E-state index in [-0.39, 0.29) is 25.2 Å².